The highest BCUT2D eigenvalue weighted by atomic mass is 32.2. The number of aromatic amines is 1. The summed E-state index contributed by atoms with van der Waals surface area (Å²) in [6.07, 6.45) is 2.06. The summed E-state index contributed by atoms with van der Waals surface area (Å²) in [6, 6.07) is 8.54. The summed E-state index contributed by atoms with van der Waals surface area (Å²) >= 11 is 1.68. The summed E-state index contributed by atoms with van der Waals surface area (Å²) in [6.45, 7) is 4.25. The van der Waals surface area contributed by atoms with Crippen molar-refractivity contribution in [2.75, 3.05) is 0 Å². The van der Waals surface area contributed by atoms with E-state index in [2.05, 4.69) is 53.3 Å². The van der Waals surface area contributed by atoms with Crippen LogP contribution in [-0.4, -0.2) is 15.2 Å². The molecule has 1 aromatic heterocycles. The van der Waals surface area contributed by atoms with Crippen LogP contribution in [0.1, 0.15) is 30.3 Å². The highest BCUT2D eigenvalue weighted by molar-refractivity contribution is 7.98. The van der Waals surface area contributed by atoms with Crippen LogP contribution >= 0.6 is 11.8 Å². The Morgan fingerprint density at radius 2 is 2.24 bits per heavy atom. The maximum Gasteiger partial charge on any atom is 0.208 e. The lowest BCUT2D eigenvalue weighted by molar-refractivity contribution is 0.840. The summed E-state index contributed by atoms with van der Waals surface area (Å²) in [5.74, 6) is 1.91. The summed E-state index contributed by atoms with van der Waals surface area (Å²) in [7, 11) is 0. The fraction of sp³-hybridized carbons (Fsp3) is 0.385. The van der Waals surface area contributed by atoms with Crippen LogP contribution in [0.5, 0.6) is 0 Å². The number of hydrogen-bond acceptors (Lipinski definition) is 3. The minimum absolute atomic E-state index is 0.843. The molecule has 17 heavy (non-hydrogen) atoms. The lowest BCUT2D eigenvalue weighted by Gasteiger charge is -1.99. The van der Waals surface area contributed by atoms with Gasteiger partial charge in [-0.05, 0) is 18.9 Å². The first kappa shape index (κ1) is 12.2. The Hall–Kier alpha value is -1.29. The standard InChI is InChI=1S/C13H17N3S/c1-3-5-12-14-13(16-15-12)17-9-11-7-4-6-10(2)8-11/h4,6-8H,3,5,9H2,1-2H3,(H,14,15,16). The van der Waals surface area contributed by atoms with E-state index in [4.69, 9.17) is 0 Å². The Morgan fingerprint density at radius 3 is 3.00 bits per heavy atom. The molecule has 0 aliphatic rings. The third kappa shape index (κ3) is 3.60. The van der Waals surface area contributed by atoms with Crippen LogP contribution < -0.4 is 0 Å². The van der Waals surface area contributed by atoms with E-state index in [0.717, 1.165) is 29.6 Å². The molecule has 1 aromatic carbocycles. The summed E-state index contributed by atoms with van der Waals surface area (Å²) in [4.78, 5) is 4.43. The molecule has 0 aliphatic heterocycles. The predicted molar refractivity (Wildman–Crippen MR) is 71.1 cm³/mol. The molecule has 0 aliphatic carbocycles. The van der Waals surface area contributed by atoms with Crippen LogP contribution in [0.2, 0.25) is 0 Å². The van der Waals surface area contributed by atoms with Crippen molar-refractivity contribution < 1.29 is 0 Å². The van der Waals surface area contributed by atoms with Crippen molar-refractivity contribution in [3.8, 4) is 0 Å². The molecule has 2 aromatic rings. The van der Waals surface area contributed by atoms with Gasteiger partial charge in [-0.15, -0.1) is 5.10 Å². The number of thioether (sulfide) groups is 1. The zero-order chi connectivity index (χ0) is 12.1. The van der Waals surface area contributed by atoms with Crippen molar-refractivity contribution >= 4 is 11.8 Å². The molecule has 4 heteroatoms. The van der Waals surface area contributed by atoms with Crippen LogP contribution in [0.15, 0.2) is 29.4 Å². The second-order valence-corrected chi connectivity index (χ2v) is 5.03. The van der Waals surface area contributed by atoms with Gasteiger partial charge in [-0.1, -0.05) is 48.5 Å². The minimum atomic E-state index is 0.843. The van der Waals surface area contributed by atoms with E-state index in [1.807, 2.05) is 0 Å². The first-order chi connectivity index (χ1) is 8.28. The van der Waals surface area contributed by atoms with E-state index in [-0.39, 0.29) is 0 Å². The Labute approximate surface area is 106 Å². The summed E-state index contributed by atoms with van der Waals surface area (Å²) in [5.41, 5.74) is 2.61. The highest BCUT2D eigenvalue weighted by Crippen LogP contribution is 2.19. The maximum atomic E-state index is 4.43. The van der Waals surface area contributed by atoms with Gasteiger partial charge in [-0.3, -0.25) is 5.10 Å². The van der Waals surface area contributed by atoms with E-state index in [9.17, 15) is 0 Å². The number of nitrogens with one attached hydrogen (secondary N) is 1. The monoisotopic (exact) mass is 247 g/mol. The second-order valence-electron chi connectivity index (χ2n) is 4.09. The van der Waals surface area contributed by atoms with Gasteiger partial charge in [-0.25, -0.2) is 4.98 Å². The molecule has 0 saturated carbocycles. The number of nitrogens with zero attached hydrogens (tertiary/aromatic N) is 2. The molecule has 0 fully saturated rings. The predicted octanol–water partition coefficient (Wildman–Crippen LogP) is 3.36. The van der Waals surface area contributed by atoms with Crippen LogP contribution in [0.4, 0.5) is 0 Å². The van der Waals surface area contributed by atoms with Crippen LogP contribution in [-0.2, 0) is 12.2 Å². The molecule has 1 N–H and O–H groups in total. The molecule has 0 unspecified atom stereocenters. The summed E-state index contributed by atoms with van der Waals surface area (Å²) in [5, 5.41) is 8.01. The Balaban J connectivity index is 1.93. The van der Waals surface area contributed by atoms with Crippen molar-refractivity contribution in [3.63, 3.8) is 0 Å². The fourth-order valence-electron chi connectivity index (χ4n) is 1.64. The molecule has 1 heterocycles. The lowest BCUT2D eigenvalue weighted by atomic mass is 10.2. The molecule has 0 saturated heterocycles. The Kier molecular flexibility index (Phi) is 4.20. The van der Waals surface area contributed by atoms with Crippen molar-refractivity contribution in [2.45, 2.75) is 37.6 Å². The molecule has 0 radical (unpaired) electrons. The van der Waals surface area contributed by atoms with Crippen molar-refractivity contribution in [1.82, 2.24) is 15.2 Å². The van der Waals surface area contributed by atoms with Gasteiger partial charge in [0.1, 0.15) is 5.82 Å². The first-order valence-corrected chi connectivity index (χ1v) is 6.86. The SMILES string of the molecule is CCCc1nc(SCc2cccc(C)c2)n[nH]1. The van der Waals surface area contributed by atoms with Gasteiger partial charge in [0.2, 0.25) is 5.16 Å². The minimum Gasteiger partial charge on any atom is -0.262 e. The van der Waals surface area contributed by atoms with Crippen LogP contribution in [0, 0.1) is 6.92 Å². The topological polar surface area (TPSA) is 41.6 Å². The molecular weight excluding hydrogens is 230 g/mol. The molecule has 2 rings (SSSR count). The van der Waals surface area contributed by atoms with Gasteiger partial charge in [-0.2, -0.15) is 0 Å². The normalized spacial score (nSPS) is 10.7. The maximum absolute atomic E-state index is 4.43. The molecule has 0 amide bonds. The highest BCUT2D eigenvalue weighted by Gasteiger charge is 2.03. The number of aromatic nitrogens is 3. The van der Waals surface area contributed by atoms with E-state index >= 15 is 0 Å². The van der Waals surface area contributed by atoms with Crippen LogP contribution in [0.3, 0.4) is 0 Å². The summed E-state index contributed by atoms with van der Waals surface area (Å²) < 4.78 is 0. The van der Waals surface area contributed by atoms with Crippen molar-refractivity contribution in [1.29, 1.82) is 0 Å². The van der Waals surface area contributed by atoms with Gasteiger partial charge >= 0.3 is 0 Å². The molecule has 0 spiro atoms. The van der Waals surface area contributed by atoms with Gasteiger partial charge in [0.15, 0.2) is 0 Å². The van der Waals surface area contributed by atoms with Crippen LogP contribution in [0.25, 0.3) is 0 Å². The van der Waals surface area contributed by atoms with Crippen molar-refractivity contribution in [3.05, 3.63) is 41.2 Å². The van der Waals surface area contributed by atoms with Crippen molar-refractivity contribution in [2.24, 2.45) is 0 Å². The average molecular weight is 247 g/mol. The Bertz CT molecular complexity index is 479. The van der Waals surface area contributed by atoms with Gasteiger partial charge in [0, 0.05) is 12.2 Å². The molecule has 3 nitrogen and oxygen atoms in total. The number of hydrogen-bond donors (Lipinski definition) is 1. The third-order valence-corrected chi connectivity index (χ3v) is 3.37. The first-order valence-electron chi connectivity index (χ1n) is 5.87. The zero-order valence-corrected chi connectivity index (χ0v) is 11.0. The van der Waals surface area contributed by atoms with Gasteiger partial charge < -0.3 is 0 Å². The van der Waals surface area contributed by atoms with E-state index in [1.54, 1.807) is 11.8 Å². The van der Waals surface area contributed by atoms with Gasteiger partial charge in [0.05, 0.1) is 0 Å². The van der Waals surface area contributed by atoms with E-state index in [0.29, 0.717) is 0 Å². The fourth-order valence-corrected chi connectivity index (χ4v) is 2.40. The largest absolute Gasteiger partial charge is 0.262 e. The molecular formula is C13H17N3S. The van der Waals surface area contributed by atoms with E-state index < -0.39 is 0 Å². The van der Waals surface area contributed by atoms with E-state index in [1.165, 1.54) is 11.1 Å². The quantitative estimate of drug-likeness (QED) is 0.824. The smallest absolute Gasteiger partial charge is 0.208 e. The number of H-pyrrole nitrogens is 1. The number of rotatable bonds is 5. The average Bonchev–Trinajstić information content (AvgIpc) is 2.75. The van der Waals surface area contributed by atoms with Gasteiger partial charge in [0.25, 0.3) is 0 Å². The number of aryl methyl sites for hydroxylation is 2. The lowest BCUT2D eigenvalue weighted by Crippen LogP contribution is -1.85. The zero-order valence-electron chi connectivity index (χ0n) is 10.2. The number of benzene rings is 1. The molecule has 0 atom stereocenters. The molecule has 0 bridgehead atoms. The third-order valence-electron chi connectivity index (χ3n) is 2.45. The molecule has 90 valence electrons. The Morgan fingerprint density at radius 1 is 1.35 bits per heavy atom. The second kappa shape index (κ2) is 5.87.